The Morgan fingerprint density at radius 1 is 1.00 bits per heavy atom. The number of ketones is 1. The predicted octanol–water partition coefficient (Wildman–Crippen LogP) is 6.17. The minimum Gasteiger partial charge on any atom is -0.378 e. The number of likely N-dealkylation sites (N-methyl/N-ethyl adjacent to an activating group) is 1. The molecule has 1 aliphatic heterocycles. The van der Waals surface area contributed by atoms with Crippen LogP contribution in [0.4, 0.5) is 5.69 Å². The molecule has 0 radical (unpaired) electrons. The van der Waals surface area contributed by atoms with Crippen LogP contribution in [-0.4, -0.2) is 56.1 Å². The lowest BCUT2D eigenvalue weighted by molar-refractivity contribution is 0.0483. The molecule has 1 saturated heterocycles. The van der Waals surface area contributed by atoms with Crippen molar-refractivity contribution in [2.45, 2.75) is 64.3 Å². The lowest BCUT2D eigenvalue weighted by Gasteiger charge is -2.46. The summed E-state index contributed by atoms with van der Waals surface area (Å²) in [5.74, 6) is 0.404. The predicted molar refractivity (Wildman–Crippen MR) is 138 cm³/mol. The molecule has 2 aromatic rings. The number of carbonyl (C=O) groups excluding carboxylic acids is 1. The Balaban J connectivity index is 2.01. The first-order valence-electron chi connectivity index (χ1n) is 12.8. The highest BCUT2D eigenvalue weighted by molar-refractivity contribution is 6.04. The first-order chi connectivity index (χ1) is 16.1. The number of rotatable bonds is 12. The number of morpholine rings is 1. The van der Waals surface area contributed by atoms with Crippen molar-refractivity contribution in [2.75, 3.05) is 44.8 Å². The van der Waals surface area contributed by atoms with Gasteiger partial charge in [-0.3, -0.25) is 9.69 Å². The molecule has 4 heteroatoms. The number of benzene rings is 2. The lowest BCUT2D eigenvalue weighted by Crippen LogP contribution is -2.57. The first-order valence-corrected chi connectivity index (χ1v) is 12.8. The zero-order valence-electron chi connectivity index (χ0n) is 21.1. The molecule has 0 aromatic heterocycles. The van der Waals surface area contributed by atoms with Crippen LogP contribution in [0.25, 0.3) is 0 Å². The second-order valence-corrected chi connectivity index (χ2v) is 9.28. The van der Waals surface area contributed by atoms with Crippen LogP contribution in [0.3, 0.4) is 0 Å². The number of Topliss-reactive ketones (excluding diaryl/α,β-unsaturated/α-hetero) is 1. The average Bonchev–Trinajstić information content (AvgIpc) is 2.88. The summed E-state index contributed by atoms with van der Waals surface area (Å²) in [6.07, 6.45) is 5.04. The van der Waals surface area contributed by atoms with E-state index in [1.54, 1.807) is 0 Å². The Kier molecular flexibility index (Phi) is 9.52. The summed E-state index contributed by atoms with van der Waals surface area (Å²) in [4.78, 5) is 19.1. The van der Waals surface area contributed by atoms with Crippen LogP contribution >= 0.6 is 0 Å². The van der Waals surface area contributed by atoms with Crippen LogP contribution in [0.2, 0.25) is 0 Å². The fourth-order valence-corrected chi connectivity index (χ4v) is 5.42. The molecule has 0 bridgehead atoms. The number of nitrogens with zero attached hydrogens (tertiary/aromatic N) is 2. The molecule has 0 amide bonds. The third kappa shape index (κ3) is 5.67. The molecule has 1 aliphatic rings. The van der Waals surface area contributed by atoms with Gasteiger partial charge in [0.25, 0.3) is 0 Å². The van der Waals surface area contributed by atoms with Crippen LogP contribution < -0.4 is 4.90 Å². The highest BCUT2D eigenvalue weighted by atomic mass is 16.5. The largest absolute Gasteiger partial charge is 0.378 e. The van der Waals surface area contributed by atoms with Crippen molar-refractivity contribution in [1.82, 2.24) is 4.90 Å². The third-order valence-electron chi connectivity index (χ3n) is 7.32. The first kappa shape index (κ1) is 25.5. The minimum absolute atomic E-state index is 0.155. The summed E-state index contributed by atoms with van der Waals surface area (Å²) in [7, 11) is 2.16. The summed E-state index contributed by atoms with van der Waals surface area (Å²) in [6, 6.07) is 19.0. The van der Waals surface area contributed by atoms with Crippen molar-refractivity contribution in [3.63, 3.8) is 0 Å². The molecule has 2 aromatic carbocycles. The summed E-state index contributed by atoms with van der Waals surface area (Å²) in [5, 5.41) is 0. The number of carbonyl (C=O) groups is 1. The van der Waals surface area contributed by atoms with Crippen molar-refractivity contribution in [2.24, 2.45) is 0 Å². The molecule has 0 aliphatic carbocycles. The van der Waals surface area contributed by atoms with Gasteiger partial charge in [0.2, 0.25) is 0 Å². The summed E-state index contributed by atoms with van der Waals surface area (Å²) >= 11 is 0. The zero-order chi connectivity index (χ0) is 23.7. The fourth-order valence-electron chi connectivity index (χ4n) is 5.42. The van der Waals surface area contributed by atoms with Crippen LogP contribution in [0.15, 0.2) is 54.6 Å². The van der Waals surface area contributed by atoms with Gasteiger partial charge in [-0.05, 0) is 62.7 Å². The van der Waals surface area contributed by atoms with Crippen molar-refractivity contribution >= 4 is 11.5 Å². The maximum absolute atomic E-state index is 14.4. The molecular weight excluding hydrogens is 408 g/mol. The van der Waals surface area contributed by atoms with Gasteiger partial charge in [0, 0.05) is 30.3 Å². The van der Waals surface area contributed by atoms with Crippen LogP contribution in [0.5, 0.6) is 0 Å². The Hall–Kier alpha value is -2.17. The van der Waals surface area contributed by atoms with Gasteiger partial charge in [-0.25, -0.2) is 0 Å². The van der Waals surface area contributed by atoms with E-state index in [9.17, 15) is 4.79 Å². The number of ether oxygens (including phenoxy) is 1. The molecule has 180 valence electrons. The number of hydrogen-bond donors (Lipinski definition) is 0. The van der Waals surface area contributed by atoms with Gasteiger partial charge >= 0.3 is 0 Å². The normalized spacial score (nSPS) is 17.1. The summed E-state index contributed by atoms with van der Waals surface area (Å²) in [6.45, 7) is 10.9. The highest BCUT2D eigenvalue weighted by Gasteiger charge is 2.47. The van der Waals surface area contributed by atoms with Gasteiger partial charge in [0.1, 0.15) is 0 Å². The van der Waals surface area contributed by atoms with Gasteiger partial charge in [-0.2, -0.15) is 0 Å². The second-order valence-electron chi connectivity index (χ2n) is 9.28. The maximum Gasteiger partial charge on any atom is 0.183 e. The van der Waals surface area contributed by atoms with Crippen LogP contribution in [0.1, 0.15) is 74.7 Å². The molecule has 2 atom stereocenters. The summed E-state index contributed by atoms with van der Waals surface area (Å²) in [5.41, 5.74) is 2.69. The maximum atomic E-state index is 14.4. The van der Waals surface area contributed by atoms with Crippen LogP contribution in [-0.2, 0) is 4.74 Å². The van der Waals surface area contributed by atoms with E-state index < -0.39 is 5.54 Å². The average molecular weight is 451 g/mol. The lowest BCUT2D eigenvalue weighted by atomic mass is 9.69. The van der Waals surface area contributed by atoms with Gasteiger partial charge in [0.05, 0.1) is 18.8 Å². The molecule has 4 nitrogen and oxygen atoms in total. The molecule has 3 rings (SSSR count). The van der Waals surface area contributed by atoms with E-state index in [4.69, 9.17) is 4.74 Å². The Morgan fingerprint density at radius 3 is 2.24 bits per heavy atom. The van der Waals surface area contributed by atoms with Crippen LogP contribution in [0, 0.1) is 0 Å². The number of hydrogen-bond acceptors (Lipinski definition) is 4. The quantitative estimate of drug-likeness (QED) is 0.362. The fraction of sp³-hybridized carbons (Fsp3) is 0.552. The van der Waals surface area contributed by atoms with E-state index in [0.717, 1.165) is 70.5 Å². The van der Waals surface area contributed by atoms with E-state index in [1.165, 1.54) is 11.3 Å². The molecule has 33 heavy (non-hydrogen) atoms. The zero-order valence-corrected chi connectivity index (χ0v) is 21.1. The smallest absolute Gasteiger partial charge is 0.183 e. The third-order valence-corrected chi connectivity index (χ3v) is 7.32. The number of unbranched alkanes of at least 4 members (excludes halogenated alkanes) is 1. The monoisotopic (exact) mass is 450 g/mol. The molecule has 1 heterocycles. The molecule has 0 spiro atoms. The van der Waals surface area contributed by atoms with E-state index in [2.05, 4.69) is 80.1 Å². The molecule has 2 unspecified atom stereocenters. The van der Waals surface area contributed by atoms with Crippen molar-refractivity contribution in [1.29, 1.82) is 0 Å². The number of anilines is 1. The Bertz CT molecular complexity index is 846. The van der Waals surface area contributed by atoms with Crippen molar-refractivity contribution in [3.8, 4) is 0 Å². The van der Waals surface area contributed by atoms with E-state index in [0.29, 0.717) is 0 Å². The van der Waals surface area contributed by atoms with E-state index in [1.807, 2.05) is 12.1 Å². The highest BCUT2D eigenvalue weighted by Crippen LogP contribution is 2.42. The van der Waals surface area contributed by atoms with E-state index in [-0.39, 0.29) is 11.7 Å². The standard InChI is InChI=1S/C29H42N2O2/c1-5-8-19-30(4)29(7-3,27(12-6-2)24-13-10-9-11-14-24)28(32)25-15-17-26(18-16-25)31-20-22-33-23-21-31/h9-11,13-18,27H,5-8,12,19-23H2,1-4H3. The van der Waals surface area contributed by atoms with Gasteiger partial charge < -0.3 is 9.64 Å². The van der Waals surface area contributed by atoms with E-state index >= 15 is 0 Å². The molecular formula is C29H42N2O2. The van der Waals surface area contributed by atoms with Crippen molar-refractivity contribution < 1.29 is 9.53 Å². The molecule has 0 saturated carbocycles. The van der Waals surface area contributed by atoms with Gasteiger partial charge in [-0.15, -0.1) is 0 Å². The topological polar surface area (TPSA) is 32.8 Å². The van der Waals surface area contributed by atoms with Gasteiger partial charge in [0.15, 0.2) is 5.78 Å². The molecule has 0 N–H and O–H groups in total. The SMILES string of the molecule is CCCCN(C)C(CC)(C(=O)c1ccc(N2CCOCC2)cc1)C(CCC)c1ccccc1. The second kappa shape index (κ2) is 12.3. The molecule has 1 fully saturated rings. The van der Waals surface area contributed by atoms with Crippen molar-refractivity contribution in [3.05, 3.63) is 65.7 Å². The minimum atomic E-state index is -0.562. The summed E-state index contributed by atoms with van der Waals surface area (Å²) < 4.78 is 5.49. The Labute approximate surface area is 200 Å². The Morgan fingerprint density at radius 2 is 1.67 bits per heavy atom. The van der Waals surface area contributed by atoms with Gasteiger partial charge in [-0.1, -0.05) is 63.9 Å².